The van der Waals surface area contributed by atoms with E-state index in [0.717, 1.165) is 6.26 Å². The predicted molar refractivity (Wildman–Crippen MR) is 113 cm³/mol. The van der Waals surface area contributed by atoms with Gasteiger partial charge in [-0.1, -0.05) is 29.3 Å². The minimum atomic E-state index is -3.37. The van der Waals surface area contributed by atoms with Crippen LogP contribution in [-0.4, -0.2) is 39.7 Å². The highest BCUT2D eigenvalue weighted by Crippen LogP contribution is 2.39. The van der Waals surface area contributed by atoms with E-state index in [1.54, 1.807) is 18.2 Å². The van der Waals surface area contributed by atoms with E-state index in [9.17, 15) is 18.0 Å². The molecule has 10 heteroatoms. The van der Waals surface area contributed by atoms with E-state index >= 15 is 0 Å². The Morgan fingerprint density at radius 1 is 1.00 bits per heavy atom. The maximum absolute atomic E-state index is 13.1. The zero-order valence-corrected chi connectivity index (χ0v) is 18.4. The molecule has 0 radical (unpaired) electrons. The number of hydrazine groups is 1. The van der Waals surface area contributed by atoms with Gasteiger partial charge in [-0.25, -0.2) is 8.42 Å². The standard InChI is InChI=1S/C20H20Cl2N2O5S/c1-30(27,28)15-5-2-13(3-6-15)18(25)23-24-19(26)20(8-10-29-11-9-20)16-7-4-14(21)12-17(16)22/h2-7,12H,8-11H2,1H3,(H,23,25)(H,24,26). The Hall–Kier alpha value is -2.13. The van der Waals surface area contributed by atoms with Gasteiger partial charge in [0.25, 0.3) is 5.91 Å². The minimum absolute atomic E-state index is 0.0987. The molecule has 2 amide bonds. The van der Waals surface area contributed by atoms with Crippen LogP contribution in [0.3, 0.4) is 0 Å². The second-order valence-corrected chi connectivity index (χ2v) is 9.88. The summed E-state index contributed by atoms with van der Waals surface area (Å²) in [4.78, 5) is 25.6. The molecule has 0 atom stereocenters. The first kappa shape index (κ1) is 22.6. The third-order valence-corrected chi connectivity index (χ3v) is 6.74. The molecule has 1 aliphatic rings. The van der Waals surface area contributed by atoms with Crippen LogP contribution in [0.2, 0.25) is 10.0 Å². The summed E-state index contributed by atoms with van der Waals surface area (Å²) in [6.07, 6.45) is 1.86. The Kier molecular flexibility index (Phi) is 6.71. The van der Waals surface area contributed by atoms with E-state index in [0.29, 0.717) is 41.7 Å². The third-order valence-electron chi connectivity index (χ3n) is 5.06. The van der Waals surface area contributed by atoms with Gasteiger partial charge in [-0.3, -0.25) is 20.4 Å². The van der Waals surface area contributed by atoms with Crippen molar-refractivity contribution in [3.63, 3.8) is 0 Å². The second kappa shape index (κ2) is 8.93. The number of ether oxygens (including phenoxy) is 1. The lowest BCUT2D eigenvalue weighted by Crippen LogP contribution is -2.53. The highest BCUT2D eigenvalue weighted by atomic mass is 35.5. The zero-order chi connectivity index (χ0) is 21.9. The molecule has 1 aliphatic heterocycles. The average molecular weight is 471 g/mol. The van der Waals surface area contributed by atoms with Gasteiger partial charge >= 0.3 is 0 Å². The van der Waals surface area contributed by atoms with Gasteiger partial charge in [-0.2, -0.15) is 0 Å². The van der Waals surface area contributed by atoms with E-state index in [-0.39, 0.29) is 10.5 Å². The van der Waals surface area contributed by atoms with Crippen LogP contribution in [0.1, 0.15) is 28.8 Å². The van der Waals surface area contributed by atoms with Crippen LogP contribution in [0.25, 0.3) is 0 Å². The Bertz CT molecular complexity index is 1070. The molecule has 2 N–H and O–H groups in total. The number of carbonyl (C=O) groups is 2. The van der Waals surface area contributed by atoms with Gasteiger partial charge in [0.15, 0.2) is 9.84 Å². The third kappa shape index (κ3) is 4.78. The molecule has 3 rings (SSSR count). The number of hydrogen-bond donors (Lipinski definition) is 2. The molecule has 1 saturated heterocycles. The highest BCUT2D eigenvalue weighted by molar-refractivity contribution is 7.90. The number of hydrogen-bond acceptors (Lipinski definition) is 5. The van der Waals surface area contributed by atoms with E-state index in [4.69, 9.17) is 27.9 Å². The average Bonchev–Trinajstić information content (AvgIpc) is 2.71. The molecule has 0 aromatic heterocycles. The van der Waals surface area contributed by atoms with E-state index < -0.39 is 27.1 Å². The largest absolute Gasteiger partial charge is 0.381 e. The molecule has 30 heavy (non-hydrogen) atoms. The van der Waals surface area contributed by atoms with E-state index in [1.807, 2.05) is 0 Å². The summed E-state index contributed by atoms with van der Waals surface area (Å²) in [5.41, 5.74) is 4.69. The fourth-order valence-electron chi connectivity index (χ4n) is 3.37. The maximum Gasteiger partial charge on any atom is 0.269 e. The highest BCUT2D eigenvalue weighted by Gasteiger charge is 2.43. The van der Waals surface area contributed by atoms with Crippen molar-refractivity contribution in [2.24, 2.45) is 0 Å². The quantitative estimate of drug-likeness (QED) is 0.668. The second-order valence-electron chi connectivity index (χ2n) is 7.02. The first-order chi connectivity index (χ1) is 14.1. The van der Waals surface area contributed by atoms with Gasteiger partial charge in [0, 0.05) is 35.1 Å². The lowest BCUT2D eigenvalue weighted by molar-refractivity contribution is -0.131. The summed E-state index contributed by atoms with van der Waals surface area (Å²) >= 11 is 12.4. The maximum atomic E-state index is 13.1. The molecule has 160 valence electrons. The minimum Gasteiger partial charge on any atom is -0.381 e. The van der Waals surface area contributed by atoms with Crippen molar-refractivity contribution in [2.45, 2.75) is 23.2 Å². The van der Waals surface area contributed by atoms with Gasteiger partial charge in [-0.15, -0.1) is 0 Å². The fourth-order valence-corrected chi connectivity index (χ4v) is 4.59. The van der Waals surface area contributed by atoms with Gasteiger partial charge in [0.05, 0.1) is 10.3 Å². The summed E-state index contributed by atoms with van der Waals surface area (Å²) in [6, 6.07) is 10.4. The molecule has 1 heterocycles. The Balaban J connectivity index is 1.77. The van der Waals surface area contributed by atoms with E-state index in [2.05, 4.69) is 10.9 Å². The fraction of sp³-hybridized carbons (Fsp3) is 0.300. The number of sulfone groups is 1. The van der Waals surface area contributed by atoms with Crippen LogP contribution < -0.4 is 10.9 Å². The molecule has 0 unspecified atom stereocenters. The number of halogens is 2. The van der Waals surface area contributed by atoms with Gasteiger partial charge in [0.2, 0.25) is 5.91 Å². The first-order valence-corrected chi connectivity index (χ1v) is 11.7. The van der Waals surface area contributed by atoms with Crippen molar-refractivity contribution in [2.75, 3.05) is 19.5 Å². The molecule has 2 aromatic carbocycles. The summed E-state index contributed by atoms with van der Waals surface area (Å²) in [7, 11) is -3.37. The molecular formula is C20H20Cl2N2O5S. The molecule has 7 nitrogen and oxygen atoms in total. The summed E-state index contributed by atoms with van der Waals surface area (Å²) in [5, 5.41) is 0.819. The van der Waals surface area contributed by atoms with Gasteiger partial charge in [0.1, 0.15) is 0 Å². The van der Waals surface area contributed by atoms with Crippen LogP contribution in [0.4, 0.5) is 0 Å². The molecule has 0 bridgehead atoms. The van der Waals surface area contributed by atoms with Gasteiger partial charge in [-0.05, 0) is 54.8 Å². The SMILES string of the molecule is CS(=O)(=O)c1ccc(C(=O)NNC(=O)C2(c3ccc(Cl)cc3Cl)CCOCC2)cc1. The normalized spacial score (nSPS) is 16.0. The van der Waals surface area contributed by atoms with Crippen LogP contribution in [-0.2, 0) is 24.8 Å². The molecule has 0 saturated carbocycles. The lowest BCUT2D eigenvalue weighted by Gasteiger charge is -2.36. The molecule has 1 fully saturated rings. The molecule has 0 aliphatic carbocycles. The topological polar surface area (TPSA) is 102 Å². The van der Waals surface area contributed by atoms with Crippen LogP contribution in [0.5, 0.6) is 0 Å². The number of benzene rings is 2. The Morgan fingerprint density at radius 2 is 1.63 bits per heavy atom. The van der Waals surface area contributed by atoms with Crippen molar-refractivity contribution in [3.8, 4) is 0 Å². The molecule has 0 spiro atoms. The lowest BCUT2D eigenvalue weighted by atomic mass is 9.73. The van der Waals surface area contributed by atoms with Crippen LogP contribution in [0.15, 0.2) is 47.4 Å². The molecule has 2 aromatic rings. The van der Waals surface area contributed by atoms with Crippen molar-refractivity contribution in [3.05, 3.63) is 63.6 Å². The van der Waals surface area contributed by atoms with Crippen LogP contribution in [0, 0.1) is 0 Å². The Morgan fingerprint density at radius 3 is 2.20 bits per heavy atom. The van der Waals surface area contributed by atoms with Crippen LogP contribution >= 0.6 is 23.2 Å². The number of nitrogens with one attached hydrogen (secondary N) is 2. The van der Waals surface area contributed by atoms with E-state index in [1.165, 1.54) is 24.3 Å². The summed E-state index contributed by atoms with van der Waals surface area (Å²) in [5.74, 6) is -0.996. The summed E-state index contributed by atoms with van der Waals surface area (Å²) < 4.78 is 28.5. The zero-order valence-electron chi connectivity index (χ0n) is 16.1. The number of rotatable bonds is 4. The molecular weight excluding hydrogens is 451 g/mol. The first-order valence-electron chi connectivity index (χ1n) is 9.08. The summed E-state index contributed by atoms with van der Waals surface area (Å²) in [6.45, 7) is 0.737. The number of carbonyl (C=O) groups excluding carboxylic acids is 2. The monoisotopic (exact) mass is 470 g/mol. The van der Waals surface area contributed by atoms with Crippen molar-refractivity contribution < 1.29 is 22.7 Å². The smallest absolute Gasteiger partial charge is 0.269 e. The number of amides is 2. The van der Waals surface area contributed by atoms with Gasteiger partial charge < -0.3 is 4.74 Å². The van der Waals surface area contributed by atoms with Crippen molar-refractivity contribution >= 4 is 44.9 Å². The Labute approximate surface area is 184 Å². The predicted octanol–water partition coefficient (Wildman–Crippen LogP) is 2.91. The van der Waals surface area contributed by atoms with Crippen molar-refractivity contribution in [1.82, 2.24) is 10.9 Å². The van der Waals surface area contributed by atoms with Crippen molar-refractivity contribution in [1.29, 1.82) is 0 Å².